The van der Waals surface area contributed by atoms with E-state index in [1.165, 1.54) is 18.2 Å². The Morgan fingerprint density at radius 2 is 1.93 bits per heavy atom. The number of rotatable bonds is 6. The molecule has 2 aromatic rings. The van der Waals surface area contributed by atoms with Crippen molar-refractivity contribution in [2.24, 2.45) is 5.92 Å². The number of benzene rings is 1. The predicted octanol–water partition coefficient (Wildman–Crippen LogP) is 3.42. The highest BCUT2D eigenvalue weighted by atomic mass is 32.2. The Morgan fingerprint density at radius 1 is 1.25 bits per heavy atom. The lowest BCUT2D eigenvalue weighted by Crippen LogP contribution is -2.39. The first-order valence-electron chi connectivity index (χ1n) is 9.40. The summed E-state index contributed by atoms with van der Waals surface area (Å²) in [6.45, 7) is 7.39. The molecule has 1 fully saturated rings. The number of anilines is 1. The Balaban J connectivity index is 1.62. The Hall–Kier alpha value is -2.16. The van der Waals surface area contributed by atoms with Crippen molar-refractivity contribution >= 4 is 15.9 Å². The monoisotopic (exact) mass is 411 g/mol. The van der Waals surface area contributed by atoms with Crippen LogP contribution in [0.3, 0.4) is 0 Å². The number of nitrogens with zero attached hydrogens (tertiary/aromatic N) is 3. The van der Waals surface area contributed by atoms with Crippen molar-refractivity contribution in [3.05, 3.63) is 29.8 Å². The molecular formula is C19H26FN3O4S. The molecule has 2 heterocycles. The molecule has 0 N–H and O–H groups in total. The van der Waals surface area contributed by atoms with Crippen LogP contribution in [0.25, 0.3) is 0 Å². The van der Waals surface area contributed by atoms with E-state index < -0.39 is 15.7 Å². The summed E-state index contributed by atoms with van der Waals surface area (Å²) >= 11 is 0. The quantitative estimate of drug-likeness (QED) is 0.720. The van der Waals surface area contributed by atoms with Gasteiger partial charge in [-0.3, -0.25) is 0 Å². The van der Waals surface area contributed by atoms with Gasteiger partial charge in [-0.2, -0.15) is 4.98 Å². The van der Waals surface area contributed by atoms with Gasteiger partial charge in [0.1, 0.15) is 4.90 Å². The van der Waals surface area contributed by atoms with E-state index in [-0.39, 0.29) is 28.6 Å². The average molecular weight is 411 g/mol. The van der Waals surface area contributed by atoms with E-state index in [2.05, 4.69) is 10.1 Å². The summed E-state index contributed by atoms with van der Waals surface area (Å²) < 4.78 is 49.0. The summed E-state index contributed by atoms with van der Waals surface area (Å²) in [7, 11) is -3.64. The first-order chi connectivity index (χ1) is 13.2. The van der Waals surface area contributed by atoms with Crippen molar-refractivity contribution in [2.45, 2.75) is 50.5 Å². The fourth-order valence-electron chi connectivity index (χ4n) is 3.31. The molecule has 0 aliphatic carbocycles. The van der Waals surface area contributed by atoms with Crippen molar-refractivity contribution in [2.75, 3.05) is 24.2 Å². The molecule has 0 bridgehead atoms. The summed E-state index contributed by atoms with van der Waals surface area (Å²) in [6.07, 6.45) is 2.39. The van der Waals surface area contributed by atoms with Gasteiger partial charge in [0, 0.05) is 25.3 Å². The number of ether oxygens (including phenoxy) is 1. The highest BCUT2D eigenvalue weighted by Gasteiger charge is 2.29. The van der Waals surface area contributed by atoms with Gasteiger partial charge in [0.05, 0.1) is 6.10 Å². The number of aromatic nitrogens is 2. The lowest BCUT2D eigenvalue weighted by atomic mass is 9.92. The van der Waals surface area contributed by atoms with E-state index in [9.17, 15) is 12.8 Å². The molecule has 0 radical (unpaired) electrons. The van der Waals surface area contributed by atoms with Gasteiger partial charge in [0.2, 0.25) is 0 Å². The second-order valence-electron chi connectivity index (χ2n) is 7.58. The van der Waals surface area contributed by atoms with Crippen molar-refractivity contribution < 1.29 is 22.1 Å². The van der Waals surface area contributed by atoms with Crippen LogP contribution in [0.5, 0.6) is 5.75 Å². The molecule has 7 nitrogen and oxygen atoms in total. The normalized spacial score (nSPS) is 17.1. The highest BCUT2D eigenvalue weighted by Crippen LogP contribution is 2.30. The Labute approximate surface area is 164 Å². The number of sulfone groups is 1. The third kappa shape index (κ3) is 4.45. The molecule has 1 aromatic carbocycles. The fraction of sp³-hybridized carbons (Fsp3) is 0.579. The second kappa shape index (κ2) is 8.06. The van der Waals surface area contributed by atoms with Gasteiger partial charge >= 0.3 is 6.01 Å². The van der Waals surface area contributed by atoms with Gasteiger partial charge in [-0.05, 0) is 37.8 Å². The number of hydrogen-bond acceptors (Lipinski definition) is 7. The molecule has 0 spiro atoms. The van der Waals surface area contributed by atoms with Gasteiger partial charge < -0.3 is 14.2 Å². The van der Waals surface area contributed by atoms with E-state index in [0.717, 1.165) is 32.2 Å². The zero-order chi connectivity index (χ0) is 20.5. The maximum absolute atomic E-state index is 14.5. The number of piperidine rings is 1. The van der Waals surface area contributed by atoms with Crippen molar-refractivity contribution in [1.29, 1.82) is 0 Å². The Bertz CT molecular complexity index is 921. The van der Waals surface area contributed by atoms with Gasteiger partial charge in [0.15, 0.2) is 27.2 Å². The maximum Gasteiger partial charge on any atom is 0.324 e. The van der Waals surface area contributed by atoms with Crippen LogP contribution in [-0.2, 0) is 9.84 Å². The van der Waals surface area contributed by atoms with E-state index in [0.29, 0.717) is 11.8 Å². The van der Waals surface area contributed by atoms with Crippen LogP contribution in [0.15, 0.2) is 27.6 Å². The number of hydrogen-bond donors (Lipinski definition) is 0. The lowest BCUT2D eigenvalue weighted by Gasteiger charge is -2.33. The second-order valence-corrected chi connectivity index (χ2v) is 9.56. The number of halogens is 1. The van der Waals surface area contributed by atoms with Crippen molar-refractivity contribution in [1.82, 2.24) is 10.1 Å². The van der Waals surface area contributed by atoms with Gasteiger partial charge in [-0.15, -0.1) is 0 Å². The molecular weight excluding hydrogens is 385 g/mol. The van der Waals surface area contributed by atoms with Crippen LogP contribution in [0.2, 0.25) is 0 Å². The summed E-state index contributed by atoms with van der Waals surface area (Å²) in [6, 6.07) is 4.73. The van der Waals surface area contributed by atoms with Crippen molar-refractivity contribution in [3.63, 3.8) is 0 Å². The van der Waals surface area contributed by atoms with Crippen LogP contribution in [-0.4, -0.2) is 44.0 Å². The molecule has 9 heteroatoms. The van der Waals surface area contributed by atoms with Crippen LogP contribution in [0.4, 0.5) is 10.4 Å². The molecule has 154 valence electrons. The topological polar surface area (TPSA) is 85.5 Å². The molecule has 1 saturated heterocycles. The minimum absolute atomic E-state index is 0.0312. The summed E-state index contributed by atoms with van der Waals surface area (Å²) in [5.74, 6) is 0.249. The predicted molar refractivity (Wildman–Crippen MR) is 103 cm³/mol. The summed E-state index contributed by atoms with van der Waals surface area (Å²) in [5, 5.41) is 4.00. The van der Waals surface area contributed by atoms with E-state index in [4.69, 9.17) is 9.26 Å². The third-order valence-electron chi connectivity index (χ3n) is 5.06. The van der Waals surface area contributed by atoms with Crippen LogP contribution in [0.1, 0.15) is 45.4 Å². The molecule has 0 saturated carbocycles. The Kier molecular flexibility index (Phi) is 5.92. The molecule has 0 amide bonds. The van der Waals surface area contributed by atoms with Gasteiger partial charge in [-0.1, -0.05) is 25.1 Å². The molecule has 3 rings (SSSR count). The van der Waals surface area contributed by atoms with Crippen LogP contribution in [0, 0.1) is 11.7 Å². The van der Waals surface area contributed by atoms with Gasteiger partial charge in [-0.25, -0.2) is 12.8 Å². The zero-order valence-corrected chi connectivity index (χ0v) is 17.4. The average Bonchev–Trinajstić information content (AvgIpc) is 3.13. The fourth-order valence-corrected chi connectivity index (χ4v) is 4.07. The van der Waals surface area contributed by atoms with E-state index >= 15 is 0 Å². The smallest absolute Gasteiger partial charge is 0.324 e. The molecule has 1 aromatic heterocycles. The maximum atomic E-state index is 14.5. The summed E-state index contributed by atoms with van der Waals surface area (Å²) in [5.41, 5.74) is 0. The minimum atomic E-state index is -3.64. The van der Waals surface area contributed by atoms with Crippen molar-refractivity contribution in [3.8, 4) is 5.75 Å². The lowest BCUT2D eigenvalue weighted by molar-refractivity contribution is 0.126. The summed E-state index contributed by atoms with van der Waals surface area (Å²) in [4.78, 5) is 6.13. The minimum Gasteiger partial charge on any atom is -0.487 e. The SMILES string of the molecule is CC(C)c1noc(N2CCC([C@H](C)Oc3cccc(S(C)(=O)=O)c3F)CC2)n1. The van der Waals surface area contributed by atoms with Crippen LogP contribution < -0.4 is 9.64 Å². The molecule has 1 aliphatic heterocycles. The standard InChI is InChI=1S/C19H26FN3O4S/c1-12(2)18-21-19(27-22-18)23-10-8-14(9-11-23)13(3)26-15-6-5-7-16(17(15)20)28(4,24)25/h5-7,12-14H,8-11H2,1-4H3/t13-/m0/s1. The van der Waals surface area contributed by atoms with Crippen LogP contribution >= 0.6 is 0 Å². The molecule has 1 atom stereocenters. The van der Waals surface area contributed by atoms with Gasteiger partial charge in [0.25, 0.3) is 0 Å². The highest BCUT2D eigenvalue weighted by molar-refractivity contribution is 7.90. The largest absolute Gasteiger partial charge is 0.487 e. The van der Waals surface area contributed by atoms with E-state index in [1.807, 2.05) is 25.7 Å². The zero-order valence-electron chi connectivity index (χ0n) is 16.6. The van der Waals surface area contributed by atoms with E-state index in [1.54, 1.807) is 0 Å². The molecule has 28 heavy (non-hydrogen) atoms. The Morgan fingerprint density at radius 3 is 2.50 bits per heavy atom. The first kappa shape index (κ1) is 20.6. The first-order valence-corrected chi connectivity index (χ1v) is 11.3. The molecule has 1 aliphatic rings. The third-order valence-corrected chi connectivity index (χ3v) is 6.18. The molecule has 0 unspecified atom stereocenters.